The SMILES string of the molecule is C[C@@H]1CN(C(=O)CSc2n[nH]c(N)n2)C[C@@H](C)O1. The molecule has 8 heteroatoms. The van der Waals surface area contributed by atoms with Crippen LogP contribution in [0, 0.1) is 0 Å². The number of hydrogen-bond donors (Lipinski definition) is 2. The Labute approximate surface area is 109 Å². The van der Waals surface area contributed by atoms with Gasteiger partial charge < -0.3 is 15.4 Å². The summed E-state index contributed by atoms with van der Waals surface area (Å²) in [4.78, 5) is 17.8. The maximum absolute atomic E-state index is 12.0. The zero-order valence-corrected chi connectivity index (χ0v) is 11.2. The van der Waals surface area contributed by atoms with Crippen molar-refractivity contribution in [3.8, 4) is 0 Å². The van der Waals surface area contributed by atoms with Gasteiger partial charge in [0.1, 0.15) is 0 Å². The van der Waals surface area contributed by atoms with Gasteiger partial charge in [-0.25, -0.2) is 5.10 Å². The van der Waals surface area contributed by atoms with Gasteiger partial charge in [0, 0.05) is 13.1 Å². The summed E-state index contributed by atoms with van der Waals surface area (Å²) in [7, 11) is 0. The van der Waals surface area contributed by atoms with E-state index in [0.29, 0.717) is 24.0 Å². The van der Waals surface area contributed by atoms with Crippen LogP contribution in [0.3, 0.4) is 0 Å². The van der Waals surface area contributed by atoms with Crippen molar-refractivity contribution in [1.29, 1.82) is 0 Å². The Morgan fingerprint density at radius 3 is 2.78 bits per heavy atom. The van der Waals surface area contributed by atoms with Gasteiger partial charge in [-0.15, -0.1) is 5.10 Å². The molecule has 0 bridgehead atoms. The molecule has 100 valence electrons. The highest BCUT2D eigenvalue weighted by Crippen LogP contribution is 2.16. The van der Waals surface area contributed by atoms with Gasteiger partial charge in [0.05, 0.1) is 18.0 Å². The molecule has 2 rings (SSSR count). The number of aromatic amines is 1. The molecule has 3 N–H and O–H groups in total. The van der Waals surface area contributed by atoms with E-state index >= 15 is 0 Å². The van der Waals surface area contributed by atoms with E-state index in [1.54, 1.807) is 0 Å². The largest absolute Gasteiger partial charge is 0.372 e. The third kappa shape index (κ3) is 3.36. The number of nitrogens with one attached hydrogen (secondary N) is 1. The normalized spacial score (nSPS) is 24.2. The molecule has 1 aromatic rings. The molecule has 7 nitrogen and oxygen atoms in total. The highest BCUT2D eigenvalue weighted by molar-refractivity contribution is 7.99. The van der Waals surface area contributed by atoms with E-state index in [1.165, 1.54) is 11.8 Å². The lowest BCUT2D eigenvalue weighted by Gasteiger charge is -2.35. The van der Waals surface area contributed by atoms with Gasteiger partial charge in [0.25, 0.3) is 0 Å². The first-order valence-electron chi connectivity index (χ1n) is 5.78. The van der Waals surface area contributed by atoms with Gasteiger partial charge >= 0.3 is 0 Å². The van der Waals surface area contributed by atoms with E-state index in [4.69, 9.17) is 10.5 Å². The number of rotatable bonds is 3. The van der Waals surface area contributed by atoms with Crippen LogP contribution in [0.5, 0.6) is 0 Å². The van der Waals surface area contributed by atoms with Crippen LogP contribution in [0.25, 0.3) is 0 Å². The maximum Gasteiger partial charge on any atom is 0.233 e. The van der Waals surface area contributed by atoms with E-state index in [9.17, 15) is 4.79 Å². The Morgan fingerprint density at radius 1 is 1.56 bits per heavy atom. The summed E-state index contributed by atoms with van der Waals surface area (Å²) in [5.74, 6) is 0.653. The molecule has 1 aromatic heterocycles. The Hall–Kier alpha value is -1.28. The van der Waals surface area contributed by atoms with Crippen molar-refractivity contribution < 1.29 is 9.53 Å². The van der Waals surface area contributed by atoms with Crippen LogP contribution in [0.2, 0.25) is 0 Å². The monoisotopic (exact) mass is 271 g/mol. The molecule has 0 radical (unpaired) electrons. The Kier molecular flexibility index (Phi) is 4.07. The third-order valence-electron chi connectivity index (χ3n) is 2.58. The molecule has 2 atom stereocenters. The topological polar surface area (TPSA) is 97.1 Å². The zero-order valence-electron chi connectivity index (χ0n) is 10.4. The Morgan fingerprint density at radius 2 is 2.22 bits per heavy atom. The number of hydrogen-bond acceptors (Lipinski definition) is 6. The van der Waals surface area contributed by atoms with E-state index in [0.717, 1.165) is 0 Å². The molecule has 1 fully saturated rings. The van der Waals surface area contributed by atoms with Crippen LogP contribution < -0.4 is 5.73 Å². The number of nitrogens with zero attached hydrogens (tertiary/aromatic N) is 3. The smallest absolute Gasteiger partial charge is 0.233 e. The summed E-state index contributed by atoms with van der Waals surface area (Å²) < 4.78 is 5.59. The van der Waals surface area contributed by atoms with Crippen LogP contribution in [0.1, 0.15) is 13.8 Å². The average molecular weight is 271 g/mol. The van der Waals surface area contributed by atoms with E-state index in [-0.39, 0.29) is 24.1 Å². The van der Waals surface area contributed by atoms with Crippen LogP contribution in [0.4, 0.5) is 5.95 Å². The molecule has 0 aliphatic carbocycles. The van der Waals surface area contributed by atoms with Crippen LogP contribution >= 0.6 is 11.8 Å². The first-order chi connectivity index (χ1) is 8.54. The fourth-order valence-corrected chi connectivity index (χ4v) is 2.63. The van der Waals surface area contributed by atoms with E-state index in [2.05, 4.69) is 15.2 Å². The molecule has 0 aromatic carbocycles. The fraction of sp³-hybridized carbons (Fsp3) is 0.700. The molecule has 1 amide bonds. The quantitative estimate of drug-likeness (QED) is 0.758. The first kappa shape index (κ1) is 13.2. The fourth-order valence-electron chi connectivity index (χ4n) is 1.92. The van der Waals surface area contributed by atoms with Crippen LogP contribution in [-0.4, -0.2) is 57.0 Å². The van der Waals surface area contributed by atoms with Crippen molar-refractivity contribution in [1.82, 2.24) is 20.1 Å². The van der Waals surface area contributed by atoms with Gasteiger partial charge in [0.15, 0.2) is 0 Å². The van der Waals surface area contributed by atoms with Crippen molar-refractivity contribution in [3.63, 3.8) is 0 Å². The molecular weight excluding hydrogens is 254 g/mol. The van der Waals surface area contributed by atoms with Crippen molar-refractivity contribution in [2.45, 2.75) is 31.2 Å². The summed E-state index contributed by atoms with van der Waals surface area (Å²) >= 11 is 1.28. The highest BCUT2D eigenvalue weighted by Gasteiger charge is 2.25. The minimum atomic E-state index is 0.0744. The molecule has 2 heterocycles. The van der Waals surface area contributed by atoms with Gasteiger partial charge in [0.2, 0.25) is 17.0 Å². The Bertz CT molecular complexity index is 414. The standard InChI is InChI=1S/C10H17N5O2S/c1-6-3-15(4-7(2)17-6)8(16)5-18-10-12-9(11)13-14-10/h6-7H,3-5H2,1-2H3,(H3,11,12,13,14)/t6-,7-/m1/s1. The highest BCUT2D eigenvalue weighted by atomic mass is 32.2. The summed E-state index contributed by atoms with van der Waals surface area (Å²) in [5.41, 5.74) is 5.41. The lowest BCUT2D eigenvalue weighted by molar-refractivity contribution is -0.140. The number of carbonyl (C=O) groups is 1. The number of ether oxygens (including phenoxy) is 1. The molecule has 0 spiro atoms. The minimum Gasteiger partial charge on any atom is -0.372 e. The van der Waals surface area contributed by atoms with Crippen molar-refractivity contribution >= 4 is 23.6 Å². The second-order valence-electron chi connectivity index (χ2n) is 4.35. The molecule has 0 saturated carbocycles. The third-order valence-corrected chi connectivity index (χ3v) is 3.41. The molecule has 1 aliphatic heterocycles. The molecule has 1 aliphatic rings. The Balaban J connectivity index is 1.84. The number of amides is 1. The number of anilines is 1. The number of thioether (sulfide) groups is 1. The predicted molar refractivity (Wildman–Crippen MR) is 68.1 cm³/mol. The maximum atomic E-state index is 12.0. The summed E-state index contributed by atoms with van der Waals surface area (Å²) in [6, 6.07) is 0. The summed E-state index contributed by atoms with van der Waals surface area (Å²) in [6.45, 7) is 5.22. The van der Waals surface area contributed by atoms with Gasteiger partial charge in [-0.2, -0.15) is 4.98 Å². The molecular formula is C10H17N5O2S. The first-order valence-corrected chi connectivity index (χ1v) is 6.77. The number of aromatic nitrogens is 3. The lowest BCUT2D eigenvalue weighted by atomic mass is 10.2. The molecule has 0 unspecified atom stereocenters. The van der Waals surface area contributed by atoms with Crippen LogP contribution in [-0.2, 0) is 9.53 Å². The lowest BCUT2D eigenvalue weighted by Crippen LogP contribution is -2.48. The second-order valence-corrected chi connectivity index (χ2v) is 5.29. The number of carbonyl (C=O) groups excluding carboxylic acids is 1. The number of nitrogen functional groups attached to an aromatic ring is 1. The number of H-pyrrole nitrogens is 1. The van der Waals surface area contributed by atoms with E-state index < -0.39 is 0 Å². The zero-order chi connectivity index (χ0) is 13.1. The second kappa shape index (κ2) is 5.57. The van der Waals surface area contributed by atoms with Crippen molar-refractivity contribution in [2.24, 2.45) is 0 Å². The van der Waals surface area contributed by atoms with Gasteiger partial charge in [-0.3, -0.25) is 4.79 Å². The average Bonchev–Trinajstić information content (AvgIpc) is 2.70. The van der Waals surface area contributed by atoms with Crippen molar-refractivity contribution in [3.05, 3.63) is 0 Å². The van der Waals surface area contributed by atoms with Gasteiger partial charge in [-0.1, -0.05) is 11.8 Å². The van der Waals surface area contributed by atoms with Crippen LogP contribution in [0.15, 0.2) is 5.16 Å². The summed E-state index contributed by atoms with van der Waals surface area (Å²) in [6.07, 6.45) is 0.170. The number of nitrogens with two attached hydrogens (primary N) is 1. The van der Waals surface area contributed by atoms with E-state index in [1.807, 2.05) is 18.7 Å². The van der Waals surface area contributed by atoms with Crippen molar-refractivity contribution in [2.75, 3.05) is 24.6 Å². The molecule has 18 heavy (non-hydrogen) atoms. The molecule has 1 saturated heterocycles. The number of morpholine rings is 1. The minimum absolute atomic E-state index is 0.0744. The predicted octanol–water partition coefficient (Wildman–Crippen LogP) is 0.115. The summed E-state index contributed by atoms with van der Waals surface area (Å²) in [5, 5.41) is 6.90. The van der Waals surface area contributed by atoms with Gasteiger partial charge in [-0.05, 0) is 13.8 Å².